The van der Waals surface area contributed by atoms with Gasteiger partial charge in [0.1, 0.15) is 5.75 Å². The second kappa shape index (κ2) is 10.9. The Balaban J connectivity index is 1.35. The Morgan fingerprint density at radius 2 is 1.92 bits per heavy atom. The highest BCUT2D eigenvalue weighted by Crippen LogP contribution is 2.39. The van der Waals surface area contributed by atoms with E-state index in [9.17, 15) is 9.59 Å². The molecule has 0 bridgehead atoms. The van der Waals surface area contributed by atoms with E-state index in [4.69, 9.17) is 19.2 Å². The van der Waals surface area contributed by atoms with Crippen LogP contribution in [0.4, 0.5) is 5.69 Å². The molecule has 2 amide bonds. The van der Waals surface area contributed by atoms with Gasteiger partial charge in [0.05, 0.1) is 41.3 Å². The number of benzene rings is 2. The van der Waals surface area contributed by atoms with Crippen LogP contribution in [0.5, 0.6) is 17.2 Å². The number of methoxy groups -OCH3 is 2. The zero-order valence-electron chi connectivity index (χ0n) is 20.6. The van der Waals surface area contributed by atoms with Gasteiger partial charge in [-0.3, -0.25) is 9.59 Å². The lowest BCUT2D eigenvalue weighted by molar-refractivity contribution is -0.118. The van der Waals surface area contributed by atoms with Crippen LogP contribution in [-0.4, -0.2) is 54.1 Å². The first kappa shape index (κ1) is 25.3. The monoisotopic (exact) mass is 577 g/mol. The summed E-state index contributed by atoms with van der Waals surface area (Å²) in [7, 11) is 3.05. The van der Waals surface area contributed by atoms with E-state index in [1.165, 1.54) is 14.2 Å². The SMILES string of the molecule is COc1ccccc1NC(=O)COc1c(Br)cc(-c2nccc(-c3cc4c([nH]3)CCNC4=O)n2)cc1OC. The van der Waals surface area contributed by atoms with Crippen molar-refractivity contribution in [1.82, 2.24) is 20.3 Å². The van der Waals surface area contributed by atoms with Gasteiger partial charge in [0.2, 0.25) is 0 Å². The second-order valence-corrected chi connectivity index (χ2v) is 9.23. The summed E-state index contributed by atoms with van der Waals surface area (Å²) in [6.07, 6.45) is 2.39. The third-order valence-corrected chi connectivity index (χ3v) is 6.54. The molecule has 0 atom stereocenters. The van der Waals surface area contributed by atoms with Crippen molar-refractivity contribution in [1.29, 1.82) is 0 Å². The Bertz CT molecular complexity index is 1520. The molecule has 0 saturated carbocycles. The minimum absolute atomic E-state index is 0.0936. The lowest BCUT2D eigenvalue weighted by Gasteiger charge is -2.15. The van der Waals surface area contributed by atoms with Crippen LogP contribution in [0.25, 0.3) is 22.8 Å². The standard InChI is InChI=1S/C27H24BrN5O5/c1-36-22-6-4-3-5-20(22)32-24(34)14-38-25-17(28)11-15(12-23(25)37-2)26-29-9-8-19(33-26)21-13-16-18(31-21)7-10-30-27(16)35/h3-6,8-9,11-13,31H,7,10,14H2,1-2H3,(H,30,35)(H,32,34). The highest BCUT2D eigenvalue weighted by molar-refractivity contribution is 9.10. The molecule has 3 heterocycles. The Kier molecular flexibility index (Phi) is 7.27. The Hall–Kier alpha value is -4.38. The molecule has 0 fully saturated rings. The van der Waals surface area contributed by atoms with Crippen LogP contribution in [0, 0.1) is 0 Å². The summed E-state index contributed by atoms with van der Waals surface area (Å²) in [5.74, 6) is 1.33. The molecule has 1 aliphatic rings. The van der Waals surface area contributed by atoms with Gasteiger partial charge in [0.15, 0.2) is 23.9 Å². The molecule has 0 saturated heterocycles. The van der Waals surface area contributed by atoms with Crippen LogP contribution in [0.1, 0.15) is 16.1 Å². The number of hydrogen-bond donors (Lipinski definition) is 3. The van der Waals surface area contributed by atoms with Gasteiger partial charge in [0, 0.05) is 30.4 Å². The molecule has 1 aliphatic heterocycles. The molecule has 0 spiro atoms. The van der Waals surface area contributed by atoms with Crippen molar-refractivity contribution in [2.24, 2.45) is 0 Å². The van der Waals surface area contributed by atoms with E-state index in [-0.39, 0.29) is 18.4 Å². The second-order valence-electron chi connectivity index (χ2n) is 8.37. The highest BCUT2D eigenvalue weighted by Gasteiger charge is 2.21. The minimum Gasteiger partial charge on any atom is -0.495 e. The van der Waals surface area contributed by atoms with Gasteiger partial charge in [-0.05, 0) is 52.3 Å². The molecule has 38 heavy (non-hydrogen) atoms. The van der Waals surface area contributed by atoms with Crippen molar-refractivity contribution < 1.29 is 23.8 Å². The maximum Gasteiger partial charge on any atom is 0.262 e. The lowest BCUT2D eigenvalue weighted by Crippen LogP contribution is -2.31. The maximum absolute atomic E-state index is 12.5. The molecule has 2 aromatic heterocycles. The Labute approximate surface area is 226 Å². The number of fused-ring (bicyclic) bond motifs is 1. The molecule has 0 unspecified atom stereocenters. The summed E-state index contributed by atoms with van der Waals surface area (Å²) in [5, 5.41) is 5.62. The summed E-state index contributed by atoms with van der Waals surface area (Å²) < 4.78 is 17.2. The molecule has 0 radical (unpaired) electrons. The number of carbonyl (C=O) groups excluding carboxylic acids is 2. The Morgan fingerprint density at radius 3 is 2.71 bits per heavy atom. The van der Waals surface area contributed by atoms with Crippen LogP contribution >= 0.6 is 15.9 Å². The third kappa shape index (κ3) is 5.18. The van der Waals surface area contributed by atoms with E-state index in [1.807, 2.05) is 6.07 Å². The third-order valence-electron chi connectivity index (χ3n) is 5.95. The minimum atomic E-state index is -0.356. The lowest BCUT2D eigenvalue weighted by atomic mass is 10.1. The van der Waals surface area contributed by atoms with Crippen molar-refractivity contribution in [3.63, 3.8) is 0 Å². The Morgan fingerprint density at radius 1 is 1.11 bits per heavy atom. The fourth-order valence-corrected chi connectivity index (χ4v) is 4.70. The van der Waals surface area contributed by atoms with Crippen LogP contribution in [-0.2, 0) is 11.2 Å². The predicted octanol–water partition coefficient (Wildman–Crippen LogP) is 4.22. The smallest absolute Gasteiger partial charge is 0.262 e. The van der Waals surface area contributed by atoms with Crippen molar-refractivity contribution in [3.05, 3.63) is 70.5 Å². The molecule has 4 aromatic rings. The number of H-pyrrole nitrogens is 1. The zero-order chi connectivity index (χ0) is 26.6. The number of nitrogens with zero attached hydrogens (tertiary/aromatic N) is 2. The van der Waals surface area contributed by atoms with Gasteiger partial charge in [-0.2, -0.15) is 0 Å². The number of para-hydroxylation sites is 2. The van der Waals surface area contributed by atoms with Crippen LogP contribution in [0.2, 0.25) is 0 Å². The average Bonchev–Trinajstić information content (AvgIpc) is 3.38. The average molecular weight is 578 g/mol. The first-order valence-electron chi connectivity index (χ1n) is 11.7. The molecule has 10 nitrogen and oxygen atoms in total. The normalized spacial score (nSPS) is 12.3. The van der Waals surface area contributed by atoms with E-state index in [0.717, 1.165) is 17.8 Å². The molecule has 194 valence electrons. The molecular weight excluding hydrogens is 554 g/mol. The number of nitrogens with one attached hydrogen (secondary N) is 3. The van der Waals surface area contributed by atoms with Gasteiger partial charge in [-0.15, -0.1) is 0 Å². The summed E-state index contributed by atoms with van der Waals surface area (Å²) in [5.41, 5.74) is 4.14. The quantitative estimate of drug-likeness (QED) is 0.286. The number of aromatic nitrogens is 3. The molecular formula is C27H24BrN5O5. The number of carbonyl (C=O) groups is 2. The number of amides is 2. The van der Waals surface area contributed by atoms with Crippen LogP contribution < -0.4 is 24.8 Å². The van der Waals surface area contributed by atoms with Gasteiger partial charge in [-0.1, -0.05) is 12.1 Å². The fourth-order valence-electron chi connectivity index (χ4n) is 4.14. The van der Waals surface area contributed by atoms with E-state index < -0.39 is 0 Å². The first-order chi connectivity index (χ1) is 18.5. The molecule has 0 aliphatic carbocycles. The summed E-state index contributed by atoms with van der Waals surface area (Å²) in [4.78, 5) is 37.1. The van der Waals surface area contributed by atoms with Crippen molar-refractivity contribution in [2.75, 3.05) is 32.7 Å². The van der Waals surface area contributed by atoms with Crippen LogP contribution in [0.3, 0.4) is 0 Å². The number of halogens is 1. The zero-order valence-corrected chi connectivity index (χ0v) is 22.2. The van der Waals surface area contributed by atoms with Gasteiger partial charge in [0.25, 0.3) is 11.8 Å². The number of hydrogen-bond acceptors (Lipinski definition) is 7. The summed E-state index contributed by atoms with van der Waals surface area (Å²) >= 11 is 3.52. The van der Waals surface area contributed by atoms with Crippen LogP contribution in [0.15, 0.2) is 59.2 Å². The molecule has 5 rings (SSSR count). The van der Waals surface area contributed by atoms with Gasteiger partial charge >= 0.3 is 0 Å². The van der Waals surface area contributed by atoms with E-state index in [2.05, 4.69) is 36.5 Å². The van der Waals surface area contributed by atoms with Crippen molar-refractivity contribution in [2.45, 2.75) is 6.42 Å². The first-order valence-corrected chi connectivity index (χ1v) is 12.5. The number of ether oxygens (including phenoxy) is 3. The summed E-state index contributed by atoms with van der Waals surface area (Å²) in [6, 6.07) is 14.2. The number of rotatable bonds is 8. The number of anilines is 1. The topological polar surface area (TPSA) is 127 Å². The largest absolute Gasteiger partial charge is 0.495 e. The molecule has 3 N–H and O–H groups in total. The van der Waals surface area contributed by atoms with Crippen molar-refractivity contribution >= 4 is 33.4 Å². The fraction of sp³-hybridized carbons (Fsp3) is 0.185. The van der Waals surface area contributed by atoms with E-state index in [0.29, 0.717) is 56.6 Å². The van der Waals surface area contributed by atoms with Gasteiger partial charge in [-0.25, -0.2) is 9.97 Å². The van der Waals surface area contributed by atoms with E-state index >= 15 is 0 Å². The van der Waals surface area contributed by atoms with E-state index in [1.54, 1.807) is 48.7 Å². The maximum atomic E-state index is 12.5. The molecule has 11 heteroatoms. The summed E-state index contributed by atoms with van der Waals surface area (Å²) in [6.45, 7) is 0.356. The number of aromatic amines is 1. The van der Waals surface area contributed by atoms with Crippen molar-refractivity contribution in [3.8, 4) is 40.0 Å². The van der Waals surface area contributed by atoms with Gasteiger partial charge < -0.3 is 29.8 Å². The highest BCUT2D eigenvalue weighted by atomic mass is 79.9. The predicted molar refractivity (Wildman–Crippen MR) is 145 cm³/mol. The molecule has 2 aromatic carbocycles.